The maximum atomic E-state index is 14.6. The minimum absolute atomic E-state index is 0.00941. The number of primary sulfonamides is 1. The highest BCUT2D eigenvalue weighted by Crippen LogP contribution is 2.40. The fourth-order valence-corrected chi connectivity index (χ4v) is 3.99. The van der Waals surface area contributed by atoms with E-state index in [9.17, 15) is 17.9 Å². The van der Waals surface area contributed by atoms with Gasteiger partial charge in [-0.1, -0.05) is 19.4 Å². The van der Waals surface area contributed by atoms with E-state index in [-0.39, 0.29) is 22.6 Å². The SMILES string of the molecule is CCCC1(CO)CCN(c2c(S(N)(=O)=O)ccc(C)c2F)C1. The Labute approximate surface area is 131 Å². The van der Waals surface area contributed by atoms with Crippen LogP contribution < -0.4 is 10.0 Å². The van der Waals surface area contributed by atoms with Crippen LogP contribution in [0.15, 0.2) is 17.0 Å². The normalized spacial score (nSPS) is 22.3. The largest absolute Gasteiger partial charge is 0.396 e. The molecule has 2 rings (SSSR count). The highest BCUT2D eigenvalue weighted by atomic mass is 32.2. The van der Waals surface area contributed by atoms with Crippen molar-refractivity contribution in [1.29, 1.82) is 0 Å². The second-order valence-electron chi connectivity index (χ2n) is 6.17. The third kappa shape index (κ3) is 3.11. The Bertz CT molecular complexity index is 663. The second kappa shape index (κ2) is 6.14. The molecule has 0 spiro atoms. The van der Waals surface area contributed by atoms with Crippen LogP contribution in [-0.4, -0.2) is 33.2 Å². The molecule has 0 amide bonds. The quantitative estimate of drug-likeness (QED) is 0.862. The third-order valence-electron chi connectivity index (χ3n) is 4.45. The van der Waals surface area contributed by atoms with Crippen LogP contribution in [0.3, 0.4) is 0 Å². The molecule has 0 saturated carbocycles. The number of benzene rings is 1. The van der Waals surface area contributed by atoms with Gasteiger partial charge in [-0.05, 0) is 31.4 Å². The molecule has 3 N–H and O–H groups in total. The van der Waals surface area contributed by atoms with Crippen LogP contribution in [-0.2, 0) is 10.0 Å². The molecule has 0 aromatic heterocycles. The summed E-state index contributed by atoms with van der Waals surface area (Å²) in [5, 5.41) is 14.9. The lowest BCUT2D eigenvalue weighted by molar-refractivity contribution is 0.134. The number of hydrogen-bond acceptors (Lipinski definition) is 4. The van der Waals surface area contributed by atoms with Gasteiger partial charge in [0.15, 0.2) is 5.82 Å². The van der Waals surface area contributed by atoms with E-state index in [0.717, 1.165) is 12.8 Å². The summed E-state index contributed by atoms with van der Waals surface area (Å²) in [4.78, 5) is 1.51. The van der Waals surface area contributed by atoms with Gasteiger partial charge >= 0.3 is 0 Å². The fraction of sp³-hybridized carbons (Fsp3) is 0.600. The second-order valence-corrected chi connectivity index (χ2v) is 7.70. The van der Waals surface area contributed by atoms with Gasteiger partial charge in [-0.15, -0.1) is 0 Å². The first-order chi connectivity index (χ1) is 10.2. The Morgan fingerprint density at radius 3 is 2.68 bits per heavy atom. The van der Waals surface area contributed by atoms with E-state index in [2.05, 4.69) is 0 Å². The van der Waals surface area contributed by atoms with Gasteiger partial charge in [0.2, 0.25) is 10.0 Å². The van der Waals surface area contributed by atoms with Crippen molar-refractivity contribution in [3.05, 3.63) is 23.5 Å². The lowest BCUT2D eigenvalue weighted by atomic mass is 9.83. The molecule has 0 aliphatic carbocycles. The Balaban J connectivity index is 2.48. The van der Waals surface area contributed by atoms with Crippen molar-refractivity contribution in [3.8, 4) is 0 Å². The van der Waals surface area contributed by atoms with Crippen molar-refractivity contribution in [2.75, 3.05) is 24.6 Å². The Morgan fingerprint density at radius 1 is 1.45 bits per heavy atom. The van der Waals surface area contributed by atoms with E-state index in [1.54, 1.807) is 11.8 Å². The van der Waals surface area contributed by atoms with Crippen LogP contribution in [0.25, 0.3) is 0 Å². The Hall–Kier alpha value is -1.18. The molecule has 1 atom stereocenters. The molecule has 5 nitrogen and oxygen atoms in total. The van der Waals surface area contributed by atoms with E-state index in [1.807, 2.05) is 6.92 Å². The van der Waals surface area contributed by atoms with E-state index in [4.69, 9.17) is 5.14 Å². The molecular weight excluding hydrogens is 307 g/mol. The van der Waals surface area contributed by atoms with E-state index in [1.165, 1.54) is 12.1 Å². The lowest BCUT2D eigenvalue weighted by Gasteiger charge is -2.28. The average Bonchev–Trinajstić information content (AvgIpc) is 2.85. The summed E-state index contributed by atoms with van der Waals surface area (Å²) >= 11 is 0. The molecule has 1 aliphatic heterocycles. The Kier molecular flexibility index (Phi) is 4.79. The number of aliphatic hydroxyl groups is 1. The van der Waals surface area contributed by atoms with Gasteiger partial charge in [0, 0.05) is 18.5 Å². The highest BCUT2D eigenvalue weighted by molar-refractivity contribution is 7.89. The molecule has 1 heterocycles. The number of aliphatic hydroxyl groups excluding tert-OH is 1. The number of halogens is 1. The first-order valence-electron chi connectivity index (χ1n) is 7.42. The van der Waals surface area contributed by atoms with E-state index >= 15 is 0 Å². The number of sulfonamides is 1. The van der Waals surface area contributed by atoms with Gasteiger partial charge in [0.05, 0.1) is 12.3 Å². The molecule has 1 fully saturated rings. The lowest BCUT2D eigenvalue weighted by Crippen LogP contribution is -2.32. The van der Waals surface area contributed by atoms with Crippen molar-refractivity contribution >= 4 is 15.7 Å². The summed E-state index contributed by atoms with van der Waals surface area (Å²) in [6, 6.07) is 2.77. The van der Waals surface area contributed by atoms with Crippen molar-refractivity contribution < 1.29 is 17.9 Å². The van der Waals surface area contributed by atoms with Gasteiger partial charge in [-0.3, -0.25) is 0 Å². The van der Waals surface area contributed by atoms with E-state index < -0.39 is 15.8 Å². The van der Waals surface area contributed by atoms with Gasteiger partial charge in [0.25, 0.3) is 0 Å². The monoisotopic (exact) mass is 330 g/mol. The minimum Gasteiger partial charge on any atom is -0.396 e. The average molecular weight is 330 g/mol. The highest BCUT2D eigenvalue weighted by Gasteiger charge is 2.39. The van der Waals surface area contributed by atoms with Crippen LogP contribution in [0, 0.1) is 18.2 Å². The van der Waals surface area contributed by atoms with Crippen LogP contribution in [0.2, 0.25) is 0 Å². The summed E-state index contributed by atoms with van der Waals surface area (Å²) in [5.74, 6) is -0.559. The number of anilines is 1. The molecule has 1 aromatic carbocycles. The molecule has 0 radical (unpaired) electrons. The topological polar surface area (TPSA) is 83.6 Å². The number of nitrogens with two attached hydrogens (primary N) is 1. The summed E-state index contributed by atoms with van der Waals surface area (Å²) in [7, 11) is -4.01. The first-order valence-corrected chi connectivity index (χ1v) is 8.96. The molecule has 0 bridgehead atoms. The first kappa shape index (κ1) is 17.2. The molecule has 7 heteroatoms. The van der Waals surface area contributed by atoms with Crippen molar-refractivity contribution in [1.82, 2.24) is 0 Å². The summed E-state index contributed by atoms with van der Waals surface area (Å²) in [6.07, 6.45) is 2.43. The molecule has 124 valence electrons. The number of nitrogens with zero attached hydrogens (tertiary/aromatic N) is 1. The van der Waals surface area contributed by atoms with Crippen molar-refractivity contribution in [3.63, 3.8) is 0 Å². The molecule has 1 unspecified atom stereocenters. The minimum atomic E-state index is -4.01. The van der Waals surface area contributed by atoms with Gasteiger partial charge in [-0.2, -0.15) is 0 Å². The summed E-state index contributed by atoms with van der Waals surface area (Å²) in [6.45, 7) is 4.56. The van der Waals surface area contributed by atoms with Gasteiger partial charge in [-0.25, -0.2) is 17.9 Å². The fourth-order valence-electron chi connectivity index (χ4n) is 3.24. The molecule has 1 saturated heterocycles. The standard InChI is InChI=1S/C15H23FN2O3S/c1-3-6-15(10-19)7-8-18(9-15)14-12(22(17,20)21)5-4-11(2)13(14)16/h4-5,19H,3,6-10H2,1-2H3,(H2,17,20,21). The molecule has 1 aromatic rings. The predicted molar refractivity (Wildman–Crippen MR) is 83.8 cm³/mol. The maximum Gasteiger partial charge on any atom is 0.240 e. The van der Waals surface area contributed by atoms with Crippen LogP contribution in [0.1, 0.15) is 31.7 Å². The predicted octanol–water partition coefficient (Wildman–Crippen LogP) is 1.77. The molecule has 22 heavy (non-hydrogen) atoms. The third-order valence-corrected chi connectivity index (χ3v) is 5.39. The smallest absolute Gasteiger partial charge is 0.240 e. The van der Waals surface area contributed by atoms with E-state index in [0.29, 0.717) is 25.1 Å². The van der Waals surface area contributed by atoms with Gasteiger partial charge < -0.3 is 10.0 Å². The van der Waals surface area contributed by atoms with Crippen LogP contribution >= 0.6 is 0 Å². The summed E-state index contributed by atoms with van der Waals surface area (Å²) < 4.78 is 38.1. The zero-order chi connectivity index (χ0) is 16.5. The van der Waals surface area contributed by atoms with Crippen LogP contribution in [0.4, 0.5) is 10.1 Å². The van der Waals surface area contributed by atoms with Crippen molar-refractivity contribution in [2.24, 2.45) is 10.6 Å². The number of rotatable bonds is 5. The zero-order valence-corrected chi connectivity index (χ0v) is 13.8. The maximum absolute atomic E-state index is 14.6. The zero-order valence-electron chi connectivity index (χ0n) is 13.0. The molecular formula is C15H23FN2O3S. The number of aryl methyl sites for hydroxylation is 1. The van der Waals surface area contributed by atoms with Gasteiger partial charge in [0.1, 0.15) is 4.90 Å². The molecule has 1 aliphatic rings. The summed E-state index contributed by atoms with van der Waals surface area (Å²) in [5.41, 5.74) is 0.105. The number of hydrogen-bond donors (Lipinski definition) is 2. The van der Waals surface area contributed by atoms with Crippen molar-refractivity contribution in [2.45, 2.75) is 38.0 Å². The Morgan fingerprint density at radius 2 is 2.14 bits per heavy atom. The van der Waals surface area contributed by atoms with Crippen LogP contribution in [0.5, 0.6) is 0 Å².